The molecule has 0 bridgehead atoms. The summed E-state index contributed by atoms with van der Waals surface area (Å²) in [6, 6.07) is 0.00327. The predicted octanol–water partition coefficient (Wildman–Crippen LogP) is -1.03. The van der Waals surface area contributed by atoms with Crippen LogP contribution in [-0.4, -0.2) is 106 Å². The number of carbonyl (C=O) groups excluding carboxylic acids is 7. The Morgan fingerprint density at radius 1 is 0.571 bits per heavy atom. The number of benzene rings is 1. The van der Waals surface area contributed by atoms with E-state index in [2.05, 4.69) is 31.9 Å². The van der Waals surface area contributed by atoms with E-state index in [1.54, 1.807) is 58.0 Å². The number of carboxylic acid groups (broad SMARTS) is 1. The van der Waals surface area contributed by atoms with Crippen molar-refractivity contribution in [3.05, 3.63) is 35.9 Å². The molecular weight excluding hydrogens is 728 g/mol. The second-order valence-corrected chi connectivity index (χ2v) is 15.2. The van der Waals surface area contributed by atoms with Gasteiger partial charge in [-0.15, -0.1) is 0 Å². The molecule has 0 unspecified atom stereocenters. The molecule has 18 heteroatoms. The van der Waals surface area contributed by atoms with E-state index < -0.39 is 96.2 Å². The summed E-state index contributed by atoms with van der Waals surface area (Å²) in [6.07, 6.45) is -0.173. The average Bonchev–Trinajstić information content (AvgIpc) is 3.11. The number of rotatable bonds is 25. The third-order valence-corrected chi connectivity index (χ3v) is 8.52. The van der Waals surface area contributed by atoms with Gasteiger partial charge >= 0.3 is 5.97 Å². The Balaban J connectivity index is 3.22. The molecule has 1 aromatic rings. The molecule has 0 aliphatic heterocycles. The van der Waals surface area contributed by atoms with E-state index in [-0.39, 0.29) is 56.3 Å². The third-order valence-electron chi connectivity index (χ3n) is 8.52. The van der Waals surface area contributed by atoms with Gasteiger partial charge in [0.2, 0.25) is 41.4 Å². The van der Waals surface area contributed by atoms with Crippen LogP contribution in [0.25, 0.3) is 0 Å². The number of nitrogens with one attached hydrogen (secondary N) is 6. The van der Waals surface area contributed by atoms with Gasteiger partial charge in [0.1, 0.15) is 42.3 Å². The molecule has 1 aromatic carbocycles. The highest BCUT2D eigenvalue weighted by atomic mass is 16.4. The lowest BCUT2D eigenvalue weighted by molar-refractivity contribution is -0.142. The molecule has 1 rings (SSSR count). The number of amides is 7. The van der Waals surface area contributed by atoms with Gasteiger partial charge in [0, 0.05) is 12.8 Å². The molecule has 0 radical (unpaired) electrons. The van der Waals surface area contributed by atoms with Crippen LogP contribution in [-0.2, 0) is 44.8 Å². The van der Waals surface area contributed by atoms with Gasteiger partial charge in [-0.2, -0.15) is 0 Å². The maximum Gasteiger partial charge on any atom is 0.326 e. The van der Waals surface area contributed by atoms with Crippen molar-refractivity contribution < 1.29 is 48.6 Å². The molecule has 56 heavy (non-hydrogen) atoms. The number of aliphatic hydroxyl groups excluding tert-OH is 1. The minimum Gasteiger partial charge on any atom is -0.480 e. The van der Waals surface area contributed by atoms with E-state index in [9.17, 15) is 48.6 Å². The average molecular weight is 791 g/mol. The van der Waals surface area contributed by atoms with E-state index in [1.807, 2.05) is 13.8 Å². The molecule has 0 aliphatic carbocycles. The molecule has 0 saturated carbocycles. The van der Waals surface area contributed by atoms with Gasteiger partial charge in [0.15, 0.2) is 0 Å². The van der Waals surface area contributed by atoms with Crippen molar-refractivity contribution in [2.24, 2.45) is 29.2 Å². The number of primary amides is 1. The second-order valence-electron chi connectivity index (χ2n) is 15.2. The summed E-state index contributed by atoms with van der Waals surface area (Å²) in [5.74, 6) is -6.98. The van der Waals surface area contributed by atoms with Crippen LogP contribution in [0.3, 0.4) is 0 Å². The highest BCUT2D eigenvalue weighted by Crippen LogP contribution is 2.12. The van der Waals surface area contributed by atoms with Crippen molar-refractivity contribution in [1.82, 2.24) is 31.9 Å². The summed E-state index contributed by atoms with van der Waals surface area (Å²) in [5, 5.41) is 34.3. The Morgan fingerprint density at radius 3 is 1.38 bits per heavy atom. The Hall–Kier alpha value is -5.10. The number of carboxylic acids is 1. The van der Waals surface area contributed by atoms with Crippen LogP contribution < -0.4 is 43.4 Å². The van der Waals surface area contributed by atoms with Crippen LogP contribution in [0.5, 0.6) is 0 Å². The van der Waals surface area contributed by atoms with E-state index >= 15 is 0 Å². The molecule has 0 spiro atoms. The van der Waals surface area contributed by atoms with Gasteiger partial charge in [-0.3, -0.25) is 33.6 Å². The highest BCUT2D eigenvalue weighted by molar-refractivity contribution is 5.97. The van der Waals surface area contributed by atoms with Crippen LogP contribution >= 0.6 is 0 Å². The minimum atomic E-state index is -1.40. The van der Waals surface area contributed by atoms with Crippen LogP contribution in [0.2, 0.25) is 0 Å². The zero-order valence-corrected chi connectivity index (χ0v) is 33.4. The maximum atomic E-state index is 13.7. The first-order valence-electron chi connectivity index (χ1n) is 18.9. The minimum absolute atomic E-state index is 0.00313. The maximum absolute atomic E-state index is 13.7. The van der Waals surface area contributed by atoms with Gasteiger partial charge in [-0.05, 0) is 55.9 Å². The lowest BCUT2D eigenvalue weighted by Gasteiger charge is -2.28. The van der Waals surface area contributed by atoms with Gasteiger partial charge < -0.3 is 53.6 Å². The number of nitrogens with two attached hydrogens (primary N) is 2. The monoisotopic (exact) mass is 790 g/mol. The Labute approximate surface area is 328 Å². The summed E-state index contributed by atoms with van der Waals surface area (Å²) in [4.78, 5) is 104. The molecule has 7 amide bonds. The number of carbonyl (C=O) groups is 8. The third kappa shape index (κ3) is 18.5. The first-order chi connectivity index (χ1) is 26.1. The standard InChI is InChI=1S/C38H62N8O10/c1-20(2)15-27(35(52)41-23(7)32(49)46-30(38(55)56)18-24-11-9-8-10-12-24)44-34(51)26(13-14-31(40)48)42-36(53)29(17-22(5)6)45-37(54)28(16-21(3)4)43-33(50)25(39)19-47/h8-12,20-23,25-30,47H,13-19,39H2,1-7H3,(H2,40,48)(H,41,52)(H,42,53)(H,43,50)(H,44,51)(H,45,54)(H,46,49)(H,55,56)/t23-,25-,26-,27-,28-,29-,30-/m0/s1. The SMILES string of the molecule is CC(C)C[C@H](NC(=O)[C@H](CCC(N)=O)NC(=O)[C@H](CC(C)C)NC(=O)[C@H](CC(C)C)NC(=O)[C@@H](N)CO)C(=O)N[C@@H](C)C(=O)N[C@@H](Cc1ccccc1)C(=O)O. The van der Waals surface area contributed by atoms with Gasteiger partial charge in [0.25, 0.3) is 0 Å². The number of aliphatic carboxylic acids is 1. The molecule has 0 saturated heterocycles. The van der Waals surface area contributed by atoms with E-state index in [4.69, 9.17) is 11.5 Å². The van der Waals surface area contributed by atoms with Crippen molar-refractivity contribution in [3.8, 4) is 0 Å². The van der Waals surface area contributed by atoms with Crippen molar-refractivity contribution in [1.29, 1.82) is 0 Å². The molecule has 0 aromatic heterocycles. The Kier molecular flexibility index (Phi) is 21.3. The van der Waals surface area contributed by atoms with Crippen molar-refractivity contribution in [2.75, 3.05) is 6.61 Å². The van der Waals surface area contributed by atoms with E-state index in [0.717, 1.165) is 0 Å². The summed E-state index contributed by atoms with van der Waals surface area (Å²) < 4.78 is 0. The van der Waals surface area contributed by atoms with Crippen LogP contribution in [0, 0.1) is 17.8 Å². The molecule has 12 N–H and O–H groups in total. The summed E-state index contributed by atoms with van der Waals surface area (Å²) in [7, 11) is 0. The Morgan fingerprint density at radius 2 is 0.964 bits per heavy atom. The fourth-order valence-electron chi connectivity index (χ4n) is 5.57. The van der Waals surface area contributed by atoms with Crippen LogP contribution in [0.15, 0.2) is 30.3 Å². The lowest BCUT2D eigenvalue weighted by atomic mass is 9.99. The largest absolute Gasteiger partial charge is 0.480 e. The molecular formula is C38H62N8O10. The molecule has 18 nitrogen and oxygen atoms in total. The molecule has 0 heterocycles. The first-order valence-corrected chi connectivity index (χ1v) is 18.9. The van der Waals surface area contributed by atoms with Crippen molar-refractivity contribution in [2.45, 2.75) is 129 Å². The zero-order valence-electron chi connectivity index (χ0n) is 33.4. The predicted molar refractivity (Wildman–Crippen MR) is 207 cm³/mol. The van der Waals surface area contributed by atoms with Crippen molar-refractivity contribution in [3.63, 3.8) is 0 Å². The fourth-order valence-corrected chi connectivity index (χ4v) is 5.57. The Bertz CT molecular complexity index is 1490. The highest BCUT2D eigenvalue weighted by Gasteiger charge is 2.34. The first kappa shape index (κ1) is 48.9. The van der Waals surface area contributed by atoms with Crippen LogP contribution in [0.1, 0.15) is 86.1 Å². The summed E-state index contributed by atoms with van der Waals surface area (Å²) >= 11 is 0. The van der Waals surface area contributed by atoms with Crippen molar-refractivity contribution >= 4 is 47.3 Å². The molecule has 0 aliphatic rings. The number of hydrogen-bond acceptors (Lipinski definition) is 10. The van der Waals surface area contributed by atoms with E-state index in [0.29, 0.717) is 5.56 Å². The summed E-state index contributed by atoms with van der Waals surface area (Å²) in [6.45, 7) is 11.6. The molecule has 0 fully saturated rings. The number of aliphatic hydroxyl groups is 1. The van der Waals surface area contributed by atoms with E-state index in [1.165, 1.54) is 6.92 Å². The summed E-state index contributed by atoms with van der Waals surface area (Å²) in [5.41, 5.74) is 11.7. The lowest BCUT2D eigenvalue weighted by Crippen LogP contribution is -2.60. The normalized spacial score (nSPS) is 15.0. The van der Waals surface area contributed by atoms with Crippen LogP contribution in [0.4, 0.5) is 0 Å². The molecule has 314 valence electrons. The topological polar surface area (TPSA) is 301 Å². The molecule has 7 atom stereocenters. The smallest absolute Gasteiger partial charge is 0.326 e. The zero-order chi connectivity index (χ0) is 42.7. The number of hydrogen-bond donors (Lipinski definition) is 10. The second kappa shape index (κ2) is 24.4. The van der Waals surface area contributed by atoms with Gasteiger partial charge in [-0.25, -0.2) is 4.79 Å². The van der Waals surface area contributed by atoms with Gasteiger partial charge in [-0.1, -0.05) is 71.9 Å². The quantitative estimate of drug-likeness (QED) is 0.0571. The van der Waals surface area contributed by atoms with Gasteiger partial charge in [0.05, 0.1) is 6.61 Å². The fraction of sp³-hybridized carbons (Fsp3) is 0.632.